The second-order valence-electron chi connectivity index (χ2n) is 7.68. The predicted octanol–water partition coefficient (Wildman–Crippen LogP) is 4.64. The lowest BCUT2D eigenvalue weighted by molar-refractivity contribution is 0.0649. The third-order valence-corrected chi connectivity index (χ3v) is 7.68. The van der Waals surface area contributed by atoms with Crippen LogP contribution in [0.25, 0.3) is 11.0 Å². The number of carbonyl (C=O) groups excluding carboxylic acids is 1. The summed E-state index contributed by atoms with van der Waals surface area (Å²) in [5, 5.41) is 0.903. The van der Waals surface area contributed by atoms with E-state index in [2.05, 4.69) is 15.9 Å². The summed E-state index contributed by atoms with van der Waals surface area (Å²) in [7, 11) is -3.13. The van der Waals surface area contributed by atoms with E-state index in [0.29, 0.717) is 18.5 Å². The molecule has 0 radical (unpaired) electrons. The molecule has 29 heavy (non-hydrogen) atoms. The Labute approximate surface area is 178 Å². The van der Waals surface area contributed by atoms with Gasteiger partial charge in [-0.05, 0) is 49.6 Å². The van der Waals surface area contributed by atoms with Gasteiger partial charge in [-0.15, -0.1) is 0 Å². The van der Waals surface area contributed by atoms with Crippen LogP contribution in [-0.4, -0.2) is 36.8 Å². The first-order chi connectivity index (χ1) is 13.7. The molecule has 1 atom stereocenters. The number of carbonyl (C=O) groups is 1. The van der Waals surface area contributed by atoms with Crippen LogP contribution in [0.3, 0.4) is 0 Å². The molecular formula is C22H22BrNO4S. The number of hydrogen-bond donors (Lipinski definition) is 0. The maximum Gasteiger partial charge on any atom is 0.290 e. The molecule has 1 aliphatic heterocycles. The van der Waals surface area contributed by atoms with Crippen molar-refractivity contribution in [3.63, 3.8) is 0 Å². The molecule has 0 bridgehead atoms. The average molecular weight is 476 g/mol. The van der Waals surface area contributed by atoms with Crippen molar-refractivity contribution in [1.82, 2.24) is 4.90 Å². The molecule has 152 valence electrons. The number of amides is 1. The van der Waals surface area contributed by atoms with E-state index in [-0.39, 0.29) is 29.2 Å². The fourth-order valence-electron chi connectivity index (χ4n) is 3.89. The van der Waals surface area contributed by atoms with Crippen molar-refractivity contribution in [2.75, 3.05) is 11.5 Å². The van der Waals surface area contributed by atoms with E-state index in [4.69, 9.17) is 4.42 Å². The fraction of sp³-hybridized carbons (Fsp3) is 0.318. The van der Waals surface area contributed by atoms with E-state index in [0.717, 1.165) is 26.5 Å². The first-order valence-electron chi connectivity index (χ1n) is 9.49. The zero-order chi connectivity index (χ0) is 20.8. The van der Waals surface area contributed by atoms with Gasteiger partial charge in [-0.3, -0.25) is 4.79 Å². The molecule has 1 aromatic heterocycles. The predicted molar refractivity (Wildman–Crippen MR) is 117 cm³/mol. The summed E-state index contributed by atoms with van der Waals surface area (Å²) in [4.78, 5) is 15.2. The molecular weight excluding hydrogens is 454 g/mol. The molecule has 7 heteroatoms. The van der Waals surface area contributed by atoms with Gasteiger partial charge in [0, 0.05) is 28.0 Å². The molecule has 1 amide bonds. The second kappa shape index (κ2) is 7.61. The molecule has 2 heterocycles. The van der Waals surface area contributed by atoms with Gasteiger partial charge in [-0.2, -0.15) is 0 Å². The monoisotopic (exact) mass is 475 g/mol. The van der Waals surface area contributed by atoms with E-state index in [1.807, 2.05) is 56.3 Å². The van der Waals surface area contributed by atoms with Crippen molar-refractivity contribution < 1.29 is 17.6 Å². The Hall–Kier alpha value is -2.12. The molecule has 2 aromatic carbocycles. The molecule has 3 aromatic rings. The lowest BCUT2D eigenvalue weighted by atomic mass is 10.1. The van der Waals surface area contributed by atoms with Gasteiger partial charge >= 0.3 is 0 Å². The molecule has 1 fully saturated rings. The van der Waals surface area contributed by atoms with Crippen LogP contribution < -0.4 is 0 Å². The number of nitrogens with zero attached hydrogens (tertiary/aromatic N) is 1. The Balaban J connectivity index is 1.74. The summed E-state index contributed by atoms with van der Waals surface area (Å²) in [5.74, 6) is 0.118. The molecule has 1 saturated heterocycles. The number of hydrogen-bond acceptors (Lipinski definition) is 4. The minimum Gasteiger partial charge on any atom is -0.451 e. The van der Waals surface area contributed by atoms with E-state index in [9.17, 15) is 13.2 Å². The van der Waals surface area contributed by atoms with Crippen molar-refractivity contribution in [3.05, 3.63) is 69.4 Å². The summed E-state index contributed by atoms with van der Waals surface area (Å²) in [6.07, 6.45) is 0.445. The van der Waals surface area contributed by atoms with Crippen LogP contribution in [0.15, 0.2) is 51.4 Å². The zero-order valence-corrected chi connectivity index (χ0v) is 18.7. The number of aryl methyl sites for hydroxylation is 2. The minimum absolute atomic E-state index is 0.00880. The Kier molecular flexibility index (Phi) is 5.29. The van der Waals surface area contributed by atoms with Gasteiger partial charge < -0.3 is 9.32 Å². The van der Waals surface area contributed by atoms with E-state index < -0.39 is 9.84 Å². The summed E-state index contributed by atoms with van der Waals surface area (Å²) >= 11 is 3.46. The van der Waals surface area contributed by atoms with Crippen molar-refractivity contribution in [3.8, 4) is 0 Å². The van der Waals surface area contributed by atoms with Gasteiger partial charge in [-0.25, -0.2) is 8.42 Å². The minimum atomic E-state index is -3.13. The molecule has 0 aliphatic carbocycles. The number of furan rings is 1. The fourth-order valence-corrected chi connectivity index (χ4v) is 6.06. The summed E-state index contributed by atoms with van der Waals surface area (Å²) in [6.45, 7) is 4.17. The highest BCUT2D eigenvalue weighted by Gasteiger charge is 2.36. The maximum atomic E-state index is 13.5. The molecule has 1 aliphatic rings. The highest BCUT2D eigenvalue weighted by Crippen LogP contribution is 2.30. The number of rotatable bonds is 4. The quantitative estimate of drug-likeness (QED) is 0.550. The molecule has 0 saturated carbocycles. The Bertz CT molecular complexity index is 1200. The summed E-state index contributed by atoms with van der Waals surface area (Å²) < 4.78 is 31.0. The van der Waals surface area contributed by atoms with Crippen LogP contribution in [0.2, 0.25) is 0 Å². The smallest absolute Gasteiger partial charge is 0.290 e. The van der Waals surface area contributed by atoms with Gasteiger partial charge in [0.15, 0.2) is 15.6 Å². The normalized spacial score (nSPS) is 18.2. The van der Waals surface area contributed by atoms with Crippen molar-refractivity contribution in [2.24, 2.45) is 0 Å². The van der Waals surface area contributed by atoms with Gasteiger partial charge in [0.2, 0.25) is 0 Å². The van der Waals surface area contributed by atoms with Gasteiger partial charge in [0.1, 0.15) is 5.58 Å². The summed E-state index contributed by atoms with van der Waals surface area (Å²) in [5.41, 5.74) is 3.44. The van der Waals surface area contributed by atoms with Crippen LogP contribution in [0.1, 0.15) is 33.7 Å². The second-order valence-corrected chi connectivity index (χ2v) is 10.8. The summed E-state index contributed by atoms with van der Waals surface area (Å²) in [6, 6.07) is 13.2. The standard InChI is InChI=1S/C22H22BrNO4S/c1-14-6-7-19-15(2)21(28-20(19)10-14)22(25)24(18-8-9-29(26,27)13-18)12-16-4-3-5-17(23)11-16/h3-7,10-11,18H,8-9,12-13H2,1-2H3/t18-/m0/s1. The molecule has 0 spiro atoms. The third kappa shape index (κ3) is 4.12. The number of halogens is 1. The van der Waals surface area contributed by atoms with Crippen LogP contribution >= 0.6 is 15.9 Å². The molecule has 4 rings (SSSR count). The van der Waals surface area contributed by atoms with Gasteiger partial charge in [0.25, 0.3) is 5.91 Å². The highest BCUT2D eigenvalue weighted by molar-refractivity contribution is 9.10. The van der Waals surface area contributed by atoms with E-state index in [1.54, 1.807) is 4.90 Å². The Morgan fingerprint density at radius 2 is 2.00 bits per heavy atom. The van der Waals surface area contributed by atoms with Crippen LogP contribution in [0.5, 0.6) is 0 Å². The lowest BCUT2D eigenvalue weighted by Crippen LogP contribution is -2.40. The number of benzene rings is 2. The molecule has 5 nitrogen and oxygen atoms in total. The van der Waals surface area contributed by atoms with Crippen molar-refractivity contribution in [1.29, 1.82) is 0 Å². The Morgan fingerprint density at radius 1 is 1.21 bits per heavy atom. The maximum absolute atomic E-state index is 13.5. The third-order valence-electron chi connectivity index (χ3n) is 5.44. The SMILES string of the molecule is Cc1ccc2c(C)c(C(=O)N(Cc3cccc(Br)c3)[C@H]3CCS(=O)(=O)C3)oc2c1. The highest BCUT2D eigenvalue weighted by atomic mass is 79.9. The van der Waals surface area contributed by atoms with Crippen LogP contribution in [0.4, 0.5) is 0 Å². The van der Waals surface area contributed by atoms with Crippen LogP contribution in [0, 0.1) is 13.8 Å². The largest absolute Gasteiger partial charge is 0.451 e. The lowest BCUT2D eigenvalue weighted by Gasteiger charge is -2.28. The first-order valence-corrected chi connectivity index (χ1v) is 12.1. The van der Waals surface area contributed by atoms with E-state index >= 15 is 0 Å². The topological polar surface area (TPSA) is 67.6 Å². The molecule has 0 N–H and O–H groups in total. The van der Waals surface area contributed by atoms with Gasteiger partial charge in [0.05, 0.1) is 11.5 Å². The van der Waals surface area contributed by atoms with Gasteiger partial charge in [-0.1, -0.05) is 40.2 Å². The first kappa shape index (κ1) is 20.2. The molecule has 0 unspecified atom stereocenters. The Morgan fingerprint density at radius 3 is 2.69 bits per heavy atom. The van der Waals surface area contributed by atoms with Crippen molar-refractivity contribution >= 4 is 42.6 Å². The number of sulfone groups is 1. The van der Waals surface area contributed by atoms with Crippen molar-refractivity contribution in [2.45, 2.75) is 32.9 Å². The van der Waals surface area contributed by atoms with E-state index in [1.165, 1.54) is 0 Å². The van der Waals surface area contributed by atoms with Crippen LogP contribution in [-0.2, 0) is 16.4 Å². The average Bonchev–Trinajstić information content (AvgIpc) is 3.18. The number of fused-ring (bicyclic) bond motifs is 1. The zero-order valence-electron chi connectivity index (χ0n) is 16.3.